The minimum Gasteiger partial charge on any atom is -0.342 e. The molecule has 0 spiro atoms. The second-order valence-corrected chi connectivity index (χ2v) is 8.54. The van der Waals surface area contributed by atoms with Gasteiger partial charge in [0.15, 0.2) is 0 Å². The SMILES string of the molecule is Cc1cccc(Nc2cncc(C3CCCN3CC(=O)N(C)C3CCCCC3)n2)n1. The van der Waals surface area contributed by atoms with Gasteiger partial charge in [-0.05, 0) is 51.3 Å². The predicted octanol–water partition coefficient (Wildman–Crippen LogP) is 3.85. The van der Waals surface area contributed by atoms with E-state index in [1.165, 1.54) is 19.3 Å². The third-order valence-electron chi connectivity index (χ3n) is 6.36. The van der Waals surface area contributed by atoms with Crippen LogP contribution in [0, 0.1) is 6.92 Å². The molecule has 160 valence electrons. The monoisotopic (exact) mass is 408 g/mol. The van der Waals surface area contributed by atoms with Crippen molar-refractivity contribution >= 4 is 17.5 Å². The van der Waals surface area contributed by atoms with E-state index in [4.69, 9.17) is 4.98 Å². The van der Waals surface area contributed by atoms with Gasteiger partial charge in [-0.1, -0.05) is 25.3 Å². The molecule has 1 aliphatic heterocycles. The van der Waals surface area contributed by atoms with Crippen LogP contribution in [-0.2, 0) is 4.79 Å². The molecule has 0 bridgehead atoms. The number of rotatable bonds is 6. The van der Waals surface area contributed by atoms with Gasteiger partial charge in [0.1, 0.15) is 11.6 Å². The lowest BCUT2D eigenvalue weighted by Gasteiger charge is -2.33. The maximum absolute atomic E-state index is 12.9. The fourth-order valence-electron chi connectivity index (χ4n) is 4.65. The van der Waals surface area contributed by atoms with Crippen molar-refractivity contribution in [2.75, 3.05) is 25.5 Å². The summed E-state index contributed by atoms with van der Waals surface area (Å²) in [5.41, 5.74) is 1.87. The number of aryl methyl sites for hydroxylation is 1. The molecule has 1 N–H and O–H groups in total. The van der Waals surface area contributed by atoms with E-state index >= 15 is 0 Å². The average Bonchev–Trinajstić information content (AvgIpc) is 3.22. The van der Waals surface area contributed by atoms with Gasteiger partial charge in [-0.2, -0.15) is 0 Å². The Morgan fingerprint density at radius 1 is 1.10 bits per heavy atom. The van der Waals surface area contributed by atoms with E-state index in [9.17, 15) is 4.79 Å². The molecule has 2 aromatic heterocycles. The highest BCUT2D eigenvalue weighted by Gasteiger charge is 2.31. The van der Waals surface area contributed by atoms with Gasteiger partial charge in [0.2, 0.25) is 5.91 Å². The van der Waals surface area contributed by atoms with E-state index in [1.807, 2.05) is 43.3 Å². The molecule has 1 amide bonds. The molecule has 2 aliphatic rings. The number of hydrogen-bond donors (Lipinski definition) is 1. The molecular weight excluding hydrogens is 376 g/mol. The summed E-state index contributed by atoms with van der Waals surface area (Å²) in [6, 6.07) is 6.39. The van der Waals surface area contributed by atoms with Crippen LogP contribution in [0.5, 0.6) is 0 Å². The molecule has 2 aromatic rings. The van der Waals surface area contributed by atoms with Crippen molar-refractivity contribution in [3.63, 3.8) is 0 Å². The topological polar surface area (TPSA) is 74.2 Å². The van der Waals surface area contributed by atoms with Crippen LogP contribution in [0.3, 0.4) is 0 Å². The summed E-state index contributed by atoms with van der Waals surface area (Å²) in [5.74, 6) is 1.66. The molecule has 3 heterocycles. The molecule has 1 aliphatic carbocycles. The highest BCUT2D eigenvalue weighted by atomic mass is 16.2. The molecule has 1 saturated carbocycles. The Balaban J connectivity index is 1.42. The van der Waals surface area contributed by atoms with E-state index in [0.29, 0.717) is 18.4 Å². The van der Waals surface area contributed by atoms with Crippen molar-refractivity contribution in [1.82, 2.24) is 24.8 Å². The van der Waals surface area contributed by atoms with Gasteiger partial charge in [0.05, 0.1) is 30.7 Å². The highest BCUT2D eigenvalue weighted by Crippen LogP contribution is 2.31. The van der Waals surface area contributed by atoms with Crippen LogP contribution in [0.15, 0.2) is 30.6 Å². The molecule has 2 fully saturated rings. The molecule has 7 nitrogen and oxygen atoms in total. The van der Waals surface area contributed by atoms with Gasteiger partial charge < -0.3 is 10.2 Å². The number of aromatic nitrogens is 3. The second kappa shape index (κ2) is 9.51. The standard InChI is InChI=1S/C23H32N6O/c1-17-8-6-12-21(25-17)27-22-15-24-14-19(26-22)20-11-7-13-29(20)16-23(30)28(2)18-9-4-3-5-10-18/h6,8,12,14-15,18,20H,3-5,7,9-11,13,16H2,1-2H3,(H,25,26,27). The Hall–Kier alpha value is -2.54. The zero-order chi connectivity index (χ0) is 20.9. The first-order valence-electron chi connectivity index (χ1n) is 11.1. The van der Waals surface area contributed by atoms with Crippen LogP contribution < -0.4 is 5.32 Å². The zero-order valence-electron chi connectivity index (χ0n) is 18.0. The van der Waals surface area contributed by atoms with E-state index < -0.39 is 0 Å². The van der Waals surface area contributed by atoms with Gasteiger partial charge in [0, 0.05) is 18.8 Å². The van der Waals surface area contributed by atoms with Crippen LogP contribution in [0.25, 0.3) is 0 Å². The van der Waals surface area contributed by atoms with Crippen molar-refractivity contribution in [2.24, 2.45) is 0 Å². The van der Waals surface area contributed by atoms with Crippen molar-refractivity contribution < 1.29 is 4.79 Å². The molecule has 1 saturated heterocycles. The molecule has 0 radical (unpaired) electrons. The van der Waals surface area contributed by atoms with E-state index in [2.05, 4.69) is 20.2 Å². The van der Waals surface area contributed by atoms with Crippen LogP contribution in [0.4, 0.5) is 11.6 Å². The summed E-state index contributed by atoms with van der Waals surface area (Å²) < 4.78 is 0. The maximum atomic E-state index is 12.9. The van der Waals surface area contributed by atoms with Gasteiger partial charge in [-0.15, -0.1) is 0 Å². The predicted molar refractivity (Wildman–Crippen MR) is 117 cm³/mol. The third kappa shape index (κ3) is 4.95. The minimum absolute atomic E-state index is 0.133. The number of hydrogen-bond acceptors (Lipinski definition) is 6. The van der Waals surface area contributed by atoms with Crippen molar-refractivity contribution in [2.45, 2.75) is 64.0 Å². The quantitative estimate of drug-likeness (QED) is 0.783. The summed E-state index contributed by atoms with van der Waals surface area (Å²) >= 11 is 0. The lowest BCUT2D eigenvalue weighted by molar-refractivity contribution is -0.134. The molecule has 1 atom stereocenters. The van der Waals surface area contributed by atoms with Gasteiger partial charge in [-0.3, -0.25) is 14.7 Å². The van der Waals surface area contributed by atoms with Crippen LogP contribution in [-0.4, -0.2) is 56.8 Å². The number of pyridine rings is 1. The number of carbonyl (C=O) groups is 1. The Morgan fingerprint density at radius 3 is 2.73 bits per heavy atom. The first-order chi connectivity index (χ1) is 14.6. The first kappa shape index (κ1) is 20.7. The number of amides is 1. The molecule has 4 rings (SSSR count). The molecule has 0 aromatic carbocycles. The average molecular weight is 409 g/mol. The first-order valence-corrected chi connectivity index (χ1v) is 11.1. The molecular formula is C23H32N6O. The molecule has 30 heavy (non-hydrogen) atoms. The summed E-state index contributed by atoms with van der Waals surface area (Å²) in [4.78, 5) is 30.9. The second-order valence-electron chi connectivity index (χ2n) is 8.54. The number of nitrogens with one attached hydrogen (secondary N) is 1. The zero-order valence-corrected chi connectivity index (χ0v) is 18.0. The van der Waals surface area contributed by atoms with E-state index in [-0.39, 0.29) is 11.9 Å². The lowest BCUT2D eigenvalue weighted by atomic mass is 9.94. The summed E-state index contributed by atoms with van der Waals surface area (Å²) in [6.07, 6.45) is 11.7. The summed E-state index contributed by atoms with van der Waals surface area (Å²) in [7, 11) is 1.97. The summed E-state index contributed by atoms with van der Waals surface area (Å²) in [5, 5.41) is 3.25. The Bertz CT molecular complexity index is 866. The van der Waals surface area contributed by atoms with Crippen molar-refractivity contribution in [1.29, 1.82) is 0 Å². The molecule has 7 heteroatoms. The minimum atomic E-state index is 0.133. The third-order valence-corrected chi connectivity index (χ3v) is 6.36. The number of likely N-dealkylation sites (tertiary alicyclic amines) is 1. The fourth-order valence-corrected chi connectivity index (χ4v) is 4.65. The van der Waals surface area contributed by atoms with Gasteiger partial charge >= 0.3 is 0 Å². The largest absolute Gasteiger partial charge is 0.342 e. The number of likely N-dealkylation sites (N-methyl/N-ethyl adjacent to an activating group) is 1. The maximum Gasteiger partial charge on any atom is 0.236 e. The molecule has 1 unspecified atom stereocenters. The fraction of sp³-hybridized carbons (Fsp3) is 0.565. The van der Waals surface area contributed by atoms with Gasteiger partial charge in [-0.25, -0.2) is 9.97 Å². The smallest absolute Gasteiger partial charge is 0.236 e. The number of nitrogens with zero attached hydrogens (tertiary/aromatic N) is 5. The Labute approximate surface area is 178 Å². The van der Waals surface area contributed by atoms with Crippen LogP contribution in [0.2, 0.25) is 0 Å². The van der Waals surface area contributed by atoms with Crippen LogP contribution in [0.1, 0.15) is 62.4 Å². The number of carbonyl (C=O) groups excluding carboxylic acids is 1. The van der Waals surface area contributed by atoms with E-state index in [0.717, 1.165) is 49.4 Å². The highest BCUT2D eigenvalue weighted by molar-refractivity contribution is 5.78. The summed E-state index contributed by atoms with van der Waals surface area (Å²) in [6.45, 7) is 3.34. The Kier molecular flexibility index (Phi) is 6.57. The number of anilines is 2. The van der Waals surface area contributed by atoms with E-state index in [1.54, 1.807) is 6.20 Å². The lowest BCUT2D eigenvalue weighted by Crippen LogP contribution is -2.44. The Morgan fingerprint density at radius 2 is 1.93 bits per heavy atom. The van der Waals surface area contributed by atoms with Crippen molar-refractivity contribution in [3.8, 4) is 0 Å². The van der Waals surface area contributed by atoms with Crippen molar-refractivity contribution in [3.05, 3.63) is 42.0 Å². The normalized spacial score (nSPS) is 20.3. The van der Waals surface area contributed by atoms with Gasteiger partial charge in [0.25, 0.3) is 0 Å². The van der Waals surface area contributed by atoms with Crippen LogP contribution >= 0.6 is 0 Å².